The van der Waals surface area contributed by atoms with Gasteiger partial charge in [0.1, 0.15) is 0 Å². The Morgan fingerprint density at radius 3 is 2.63 bits per heavy atom. The van der Waals surface area contributed by atoms with Crippen LogP contribution in [0.3, 0.4) is 0 Å². The Balaban J connectivity index is 2.69. The molecule has 3 heteroatoms. The van der Waals surface area contributed by atoms with Crippen molar-refractivity contribution in [1.29, 1.82) is 0 Å². The molecule has 0 atom stereocenters. The fraction of sp³-hybridized carbons (Fsp3) is 0.625. The van der Waals surface area contributed by atoms with E-state index in [4.69, 9.17) is 5.11 Å². The van der Waals surface area contributed by atoms with Gasteiger partial charge in [0.15, 0.2) is 0 Å². The highest BCUT2D eigenvalue weighted by Gasteiger charge is 2.07. The van der Waals surface area contributed by atoms with Crippen molar-refractivity contribution in [2.75, 3.05) is 31.1 Å². The number of benzene rings is 1. The van der Waals surface area contributed by atoms with Crippen LogP contribution in [0.5, 0.6) is 0 Å². The first-order valence-electron chi connectivity index (χ1n) is 7.39. The van der Waals surface area contributed by atoms with E-state index >= 15 is 0 Å². The maximum atomic E-state index is 8.96. The van der Waals surface area contributed by atoms with E-state index in [2.05, 4.69) is 49.2 Å². The van der Waals surface area contributed by atoms with E-state index < -0.39 is 0 Å². The molecule has 3 nitrogen and oxygen atoms in total. The molecule has 0 bridgehead atoms. The number of hydrogen-bond acceptors (Lipinski definition) is 3. The molecule has 2 N–H and O–H groups in total. The van der Waals surface area contributed by atoms with Gasteiger partial charge in [0, 0.05) is 31.9 Å². The number of anilines is 1. The highest BCUT2D eigenvalue weighted by Crippen LogP contribution is 2.21. The van der Waals surface area contributed by atoms with Crippen molar-refractivity contribution in [3.8, 4) is 0 Å². The highest BCUT2D eigenvalue weighted by atomic mass is 16.3. The molecule has 0 unspecified atom stereocenters. The van der Waals surface area contributed by atoms with Crippen LogP contribution in [0.1, 0.15) is 37.8 Å². The third-order valence-corrected chi connectivity index (χ3v) is 3.33. The smallest absolute Gasteiger partial charge is 0.0447 e. The topological polar surface area (TPSA) is 35.5 Å². The van der Waals surface area contributed by atoms with E-state index in [1.165, 1.54) is 23.2 Å². The van der Waals surface area contributed by atoms with Crippen molar-refractivity contribution in [1.82, 2.24) is 5.32 Å². The number of nitrogens with zero attached hydrogens (tertiary/aromatic N) is 1. The number of nitrogens with one attached hydrogen (secondary N) is 1. The monoisotopic (exact) mass is 264 g/mol. The van der Waals surface area contributed by atoms with Crippen LogP contribution in [0, 0.1) is 6.92 Å². The minimum absolute atomic E-state index is 0.259. The van der Waals surface area contributed by atoms with Gasteiger partial charge >= 0.3 is 0 Å². The van der Waals surface area contributed by atoms with Crippen LogP contribution in [-0.2, 0) is 6.54 Å². The largest absolute Gasteiger partial charge is 0.396 e. The molecule has 0 aliphatic carbocycles. The Morgan fingerprint density at radius 1 is 1.26 bits per heavy atom. The van der Waals surface area contributed by atoms with E-state index in [1.807, 2.05) is 0 Å². The molecule has 0 amide bonds. The molecule has 0 spiro atoms. The van der Waals surface area contributed by atoms with E-state index in [0.29, 0.717) is 0 Å². The van der Waals surface area contributed by atoms with Crippen LogP contribution in [-0.4, -0.2) is 31.3 Å². The van der Waals surface area contributed by atoms with Gasteiger partial charge in [0.25, 0.3) is 0 Å². The molecular weight excluding hydrogens is 236 g/mol. The van der Waals surface area contributed by atoms with Gasteiger partial charge in [-0.3, -0.25) is 0 Å². The molecule has 0 aliphatic heterocycles. The third kappa shape index (κ3) is 5.21. The average Bonchev–Trinajstić information content (AvgIpc) is 2.41. The summed E-state index contributed by atoms with van der Waals surface area (Å²) in [6.07, 6.45) is 1.99. The van der Waals surface area contributed by atoms with Gasteiger partial charge in [-0.2, -0.15) is 0 Å². The number of aliphatic hydroxyl groups is 1. The van der Waals surface area contributed by atoms with Gasteiger partial charge in [-0.15, -0.1) is 0 Å². The molecule has 0 aromatic heterocycles. The quantitative estimate of drug-likeness (QED) is 0.673. The van der Waals surface area contributed by atoms with Crippen LogP contribution < -0.4 is 10.2 Å². The van der Waals surface area contributed by atoms with Crippen molar-refractivity contribution in [2.24, 2.45) is 0 Å². The number of rotatable bonds is 9. The first kappa shape index (κ1) is 16.0. The van der Waals surface area contributed by atoms with Gasteiger partial charge in [0.2, 0.25) is 0 Å². The molecule has 0 heterocycles. The molecule has 1 aromatic rings. The predicted molar refractivity (Wildman–Crippen MR) is 82.8 cm³/mol. The first-order valence-corrected chi connectivity index (χ1v) is 7.39. The van der Waals surface area contributed by atoms with Gasteiger partial charge in [-0.25, -0.2) is 0 Å². The summed E-state index contributed by atoms with van der Waals surface area (Å²) in [6.45, 7) is 10.7. The minimum atomic E-state index is 0.259. The molecule has 0 saturated heterocycles. The fourth-order valence-electron chi connectivity index (χ4n) is 2.30. The number of aliphatic hydroxyl groups excluding tert-OH is 1. The van der Waals surface area contributed by atoms with E-state index in [-0.39, 0.29) is 6.61 Å². The second-order valence-electron chi connectivity index (χ2n) is 4.95. The molecular formula is C16H28N2O. The lowest BCUT2D eigenvalue weighted by atomic mass is 10.1. The Morgan fingerprint density at radius 2 is 2.05 bits per heavy atom. The van der Waals surface area contributed by atoms with Crippen molar-refractivity contribution in [3.05, 3.63) is 29.3 Å². The zero-order valence-electron chi connectivity index (χ0n) is 12.6. The van der Waals surface area contributed by atoms with Crippen LogP contribution in [0.25, 0.3) is 0 Å². The molecule has 108 valence electrons. The van der Waals surface area contributed by atoms with Crippen molar-refractivity contribution >= 4 is 5.69 Å². The molecule has 19 heavy (non-hydrogen) atoms. The summed E-state index contributed by atoms with van der Waals surface area (Å²) in [5, 5.41) is 12.4. The number of hydrogen-bond donors (Lipinski definition) is 2. The third-order valence-electron chi connectivity index (χ3n) is 3.33. The predicted octanol–water partition coefficient (Wildman–Crippen LogP) is 2.70. The molecule has 1 rings (SSSR count). The zero-order chi connectivity index (χ0) is 14.1. The Kier molecular flexibility index (Phi) is 7.53. The van der Waals surface area contributed by atoms with Crippen molar-refractivity contribution < 1.29 is 5.11 Å². The van der Waals surface area contributed by atoms with E-state index in [0.717, 1.165) is 32.6 Å². The van der Waals surface area contributed by atoms with E-state index in [9.17, 15) is 0 Å². The molecule has 0 radical (unpaired) electrons. The van der Waals surface area contributed by atoms with Crippen LogP contribution in [0.2, 0.25) is 0 Å². The molecule has 0 saturated carbocycles. The average molecular weight is 264 g/mol. The summed E-state index contributed by atoms with van der Waals surface area (Å²) in [4.78, 5) is 2.33. The summed E-state index contributed by atoms with van der Waals surface area (Å²) >= 11 is 0. The fourth-order valence-corrected chi connectivity index (χ4v) is 2.30. The Hall–Kier alpha value is -1.06. The molecule has 1 aromatic carbocycles. The van der Waals surface area contributed by atoms with Crippen molar-refractivity contribution in [2.45, 2.75) is 40.2 Å². The first-order chi connectivity index (χ1) is 9.22. The Labute approximate surface area is 117 Å². The molecule has 0 aliphatic rings. The second kappa shape index (κ2) is 8.94. The lowest BCUT2D eigenvalue weighted by molar-refractivity contribution is 0.289. The maximum Gasteiger partial charge on any atom is 0.0447 e. The Bertz CT molecular complexity index is 366. The highest BCUT2D eigenvalue weighted by molar-refractivity contribution is 5.54. The normalized spacial score (nSPS) is 10.7. The lowest BCUT2D eigenvalue weighted by Crippen LogP contribution is -2.25. The van der Waals surface area contributed by atoms with Crippen LogP contribution in [0.15, 0.2) is 18.2 Å². The van der Waals surface area contributed by atoms with Gasteiger partial charge in [-0.05, 0) is 50.4 Å². The second-order valence-corrected chi connectivity index (χ2v) is 4.95. The standard InChI is InChI=1S/C16H28N2O/c1-4-9-17-13-15-7-8-16(14(3)12-15)18(5-2)10-6-11-19/h7-8,12,17,19H,4-6,9-11,13H2,1-3H3. The maximum absolute atomic E-state index is 8.96. The molecule has 0 fully saturated rings. The van der Waals surface area contributed by atoms with E-state index in [1.54, 1.807) is 0 Å². The number of aryl methyl sites for hydroxylation is 1. The van der Waals surface area contributed by atoms with Gasteiger partial charge in [0.05, 0.1) is 0 Å². The SMILES string of the molecule is CCCNCc1ccc(N(CC)CCCO)c(C)c1. The summed E-state index contributed by atoms with van der Waals surface area (Å²) < 4.78 is 0. The van der Waals surface area contributed by atoms with Gasteiger partial charge in [-0.1, -0.05) is 19.1 Å². The summed E-state index contributed by atoms with van der Waals surface area (Å²) in [6, 6.07) is 6.67. The summed E-state index contributed by atoms with van der Waals surface area (Å²) in [5.41, 5.74) is 3.94. The lowest BCUT2D eigenvalue weighted by Gasteiger charge is -2.25. The minimum Gasteiger partial charge on any atom is -0.396 e. The van der Waals surface area contributed by atoms with Crippen LogP contribution in [0.4, 0.5) is 5.69 Å². The van der Waals surface area contributed by atoms with Crippen LogP contribution >= 0.6 is 0 Å². The summed E-state index contributed by atoms with van der Waals surface area (Å²) in [7, 11) is 0. The van der Waals surface area contributed by atoms with Gasteiger partial charge < -0.3 is 15.3 Å². The zero-order valence-corrected chi connectivity index (χ0v) is 12.6. The van der Waals surface area contributed by atoms with Crippen molar-refractivity contribution in [3.63, 3.8) is 0 Å². The summed E-state index contributed by atoms with van der Waals surface area (Å²) in [5.74, 6) is 0.